The highest BCUT2D eigenvalue weighted by Crippen LogP contribution is 2.10. The monoisotopic (exact) mass is 541 g/mol. The Hall–Kier alpha value is -2.01. The second kappa shape index (κ2) is 13.4. The zero-order valence-corrected chi connectivity index (χ0v) is 20.7. The average molecular weight is 541 g/mol. The lowest BCUT2D eigenvalue weighted by atomic mass is 10.2. The highest BCUT2D eigenvalue weighted by molar-refractivity contribution is 14.0. The summed E-state index contributed by atoms with van der Waals surface area (Å²) < 4.78 is 13.4. The van der Waals surface area contributed by atoms with E-state index in [4.69, 9.17) is 4.99 Å². The molecule has 1 N–H and O–H groups in total. The molecule has 9 heteroatoms. The first-order valence-electron chi connectivity index (χ1n) is 10.6. The predicted molar refractivity (Wildman–Crippen MR) is 135 cm³/mol. The van der Waals surface area contributed by atoms with Crippen LogP contribution in [0.3, 0.4) is 0 Å². The van der Waals surface area contributed by atoms with Gasteiger partial charge < -0.3 is 15.1 Å². The molecule has 0 unspecified atom stereocenters. The number of aromatic nitrogens is 2. The van der Waals surface area contributed by atoms with Crippen molar-refractivity contribution in [3.8, 4) is 0 Å². The first-order valence-corrected chi connectivity index (χ1v) is 10.6. The fraction of sp³-hybridized carbons (Fsp3) is 0.500. The number of nitrogens with zero attached hydrogens (tertiary/aromatic N) is 6. The molecular weight excluding hydrogens is 508 g/mol. The number of nitrogens with one attached hydrogen (secondary N) is 1. The van der Waals surface area contributed by atoms with Gasteiger partial charge in [-0.2, -0.15) is 0 Å². The van der Waals surface area contributed by atoms with Gasteiger partial charge in [-0.25, -0.2) is 14.4 Å². The number of benzene rings is 1. The number of piperazine rings is 1. The van der Waals surface area contributed by atoms with Crippen LogP contribution in [0, 0.1) is 5.82 Å². The number of halogens is 2. The summed E-state index contributed by atoms with van der Waals surface area (Å²) in [6.45, 7) is 9.20. The molecule has 0 spiro atoms. The van der Waals surface area contributed by atoms with E-state index < -0.39 is 0 Å². The highest BCUT2D eigenvalue weighted by atomic mass is 127. The molecular formula is C22H33FIN7. The summed E-state index contributed by atoms with van der Waals surface area (Å²) in [7, 11) is 1.98. The van der Waals surface area contributed by atoms with Gasteiger partial charge >= 0.3 is 0 Å². The van der Waals surface area contributed by atoms with Crippen LogP contribution < -0.4 is 10.2 Å². The molecule has 1 aliphatic heterocycles. The third kappa shape index (κ3) is 8.21. The first-order chi connectivity index (χ1) is 14.7. The van der Waals surface area contributed by atoms with Crippen molar-refractivity contribution >= 4 is 35.9 Å². The van der Waals surface area contributed by atoms with Gasteiger partial charge in [-0.15, -0.1) is 24.0 Å². The van der Waals surface area contributed by atoms with Crippen LogP contribution in [0.15, 0.2) is 47.7 Å². The summed E-state index contributed by atoms with van der Waals surface area (Å²) in [4.78, 5) is 20.2. The molecule has 0 atom stereocenters. The molecule has 0 amide bonds. The Labute approximate surface area is 201 Å². The van der Waals surface area contributed by atoms with Crippen LogP contribution in [0.25, 0.3) is 0 Å². The summed E-state index contributed by atoms with van der Waals surface area (Å²) in [5.41, 5.74) is 0.934. The third-order valence-electron chi connectivity index (χ3n) is 5.11. The van der Waals surface area contributed by atoms with Crippen molar-refractivity contribution < 1.29 is 4.39 Å². The Morgan fingerprint density at radius 1 is 1.16 bits per heavy atom. The van der Waals surface area contributed by atoms with Gasteiger partial charge in [0.15, 0.2) is 5.96 Å². The van der Waals surface area contributed by atoms with E-state index in [1.807, 2.05) is 24.1 Å². The second-order valence-corrected chi connectivity index (χ2v) is 7.45. The molecule has 3 rings (SSSR count). The Kier molecular flexibility index (Phi) is 10.9. The van der Waals surface area contributed by atoms with Crippen LogP contribution >= 0.6 is 24.0 Å². The molecule has 1 aromatic carbocycles. The highest BCUT2D eigenvalue weighted by Gasteiger charge is 2.18. The zero-order chi connectivity index (χ0) is 21.2. The first kappa shape index (κ1) is 25.3. The van der Waals surface area contributed by atoms with E-state index >= 15 is 0 Å². The summed E-state index contributed by atoms with van der Waals surface area (Å²) in [5, 5.41) is 3.33. The number of rotatable bonds is 8. The molecule has 1 aromatic heterocycles. The lowest BCUT2D eigenvalue weighted by molar-refractivity contribution is 0.255. The van der Waals surface area contributed by atoms with Gasteiger partial charge in [-0.1, -0.05) is 12.1 Å². The van der Waals surface area contributed by atoms with E-state index in [1.54, 1.807) is 24.5 Å². The second-order valence-electron chi connectivity index (χ2n) is 7.45. The molecule has 1 fully saturated rings. The Balaban J connectivity index is 0.00000341. The van der Waals surface area contributed by atoms with Crippen molar-refractivity contribution in [2.45, 2.75) is 19.9 Å². The largest absolute Gasteiger partial charge is 0.357 e. The van der Waals surface area contributed by atoms with Gasteiger partial charge in [0.1, 0.15) is 5.82 Å². The Morgan fingerprint density at radius 2 is 1.90 bits per heavy atom. The van der Waals surface area contributed by atoms with E-state index in [0.717, 1.165) is 69.7 Å². The minimum atomic E-state index is -0.207. The van der Waals surface area contributed by atoms with Crippen LogP contribution in [-0.2, 0) is 6.54 Å². The fourth-order valence-corrected chi connectivity index (χ4v) is 3.56. The molecule has 31 heavy (non-hydrogen) atoms. The topological polar surface area (TPSA) is 59.9 Å². The molecule has 1 aliphatic rings. The summed E-state index contributed by atoms with van der Waals surface area (Å²) in [5.74, 6) is 1.47. The molecule has 1 saturated heterocycles. The zero-order valence-electron chi connectivity index (χ0n) is 18.4. The third-order valence-corrected chi connectivity index (χ3v) is 5.11. The molecule has 2 aromatic rings. The van der Waals surface area contributed by atoms with E-state index in [0.29, 0.717) is 6.54 Å². The predicted octanol–water partition coefficient (Wildman–Crippen LogP) is 2.84. The van der Waals surface area contributed by atoms with E-state index in [2.05, 4.69) is 32.0 Å². The summed E-state index contributed by atoms with van der Waals surface area (Å²) in [6, 6.07) is 8.56. The van der Waals surface area contributed by atoms with Gasteiger partial charge in [0.25, 0.3) is 0 Å². The average Bonchev–Trinajstić information content (AvgIpc) is 2.77. The number of guanidine groups is 1. The SMILES string of the molecule is CCNC(=NCCCN1CCN(c2ncccn2)CC1)N(C)Cc1cccc(F)c1.I. The van der Waals surface area contributed by atoms with Crippen LogP contribution in [0.4, 0.5) is 10.3 Å². The van der Waals surface area contributed by atoms with Crippen molar-refractivity contribution in [3.63, 3.8) is 0 Å². The number of aliphatic imine (C=N–C) groups is 1. The number of anilines is 1. The van der Waals surface area contributed by atoms with E-state index in [-0.39, 0.29) is 29.8 Å². The molecule has 7 nitrogen and oxygen atoms in total. The lowest BCUT2D eigenvalue weighted by Gasteiger charge is -2.34. The minimum absolute atomic E-state index is 0. The van der Waals surface area contributed by atoms with Crippen molar-refractivity contribution in [2.75, 3.05) is 57.8 Å². The van der Waals surface area contributed by atoms with Crippen LogP contribution in [0.1, 0.15) is 18.9 Å². The molecule has 170 valence electrons. The van der Waals surface area contributed by atoms with Crippen molar-refractivity contribution in [1.29, 1.82) is 0 Å². The molecule has 0 radical (unpaired) electrons. The summed E-state index contributed by atoms with van der Waals surface area (Å²) in [6.07, 6.45) is 4.59. The Morgan fingerprint density at radius 3 is 2.58 bits per heavy atom. The van der Waals surface area contributed by atoms with Gasteiger partial charge in [-0.05, 0) is 37.1 Å². The van der Waals surface area contributed by atoms with Crippen molar-refractivity contribution in [1.82, 2.24) is 25.1 Å². The lowest BCUT2D eigenvalue weighted by Crippen LogP contribution is -2.47. The fourth-order valence-electron chi connectivity index (χ4n) is 3.56. The minimum Gasteiger partial charge on any atom is -0.357 e. The maximum absolute atomic E-state index is 13.4. The van der Waals surface area contributed by atoms with Crippen LogP contribution in [-0.4, -0.2) is 78.6 Å². The van der Waals surface area contributed by atoms with Crippen LogP contribution in [0.2, 0.25) is 0 Å². The van der Waals surface area contributed by atoms with Crippen molar-refractivity contribution in [2.24, 2.45) is 4.99 Å². The Bertz CT molecular complexity index is 797. The van der Waals surface area contributed by atoms with Crippen molar-refractivity contribution in [3.05, 3.63) is 54.1 Å². The number of hydrogen-bond acceptors (Lipinski definition) is 5. The van der Waals surface area contributed by atoms with E-state index in [9.17, 15) is 4.39 Å². The van der Waals surface area contributed by atoms with Gasteiger partial charge in [0.2, 0.25) is 5.95 Å². The maximum atomic E-state index is 13.4. The normalized spacial score (nSPS) is 14.8. The van der Waals surface area contributed by atoms with E-state index in [1.165, 1.54) is 6.07 Å². The van der Waals surface area contributed by atoms with Crippen LogP contribution in [0.5, 0.6) is 0 Å². The van der Waals surface area contributed by atoms with Gasteiger partial charge in [-0.3, -0.25) is 9.89 Å². The van der Waals surface area contributed by atoms with Gasteiger partial charge in [0.05, 0.1) is 0 Å². The molecule has 2 heterocycles. The molecule has 0 bridgehead atoms. The molecule has 0 saturated carbocycles. The maximum Gasteiger partial charge on any atom is 0.225 e. The van der Waals surface area contributed by atoms with Gasteiger partial charge in [0, 0.05) is 71.8 Å². The quantitative estimate of drug-likeness (QED) is 0.240. The molecule has 0 aliphatic carbocycles. The standard InChI is InChI=1S/C22H32FN7.HI/c1-3-24-21(28(2)18-19-7-4-8-20(23)17-19)25-11-6-12-29-13-15-30(16-14-29)22-26-9-5-10-27-22;/h4-5,7-10,17H,3,6,11-16,18H2,1-2H3,(H,24,25);1H. The summed E-state index contributed by atoms with van der Waals surface area (Å²) >= 11 is 0. The number of hydrogen-bond donors (Lipinski definition) is 1. The smallest absolute Gasteiger partial charge is 0.225 e.